The third kappa shape index (κ3) is 4.53. The van der Waals surface area contributed by atoms with Gasteiger partial charge in [0.15, 0.2) is 5.78 Å². The minimum absolute atomic E-state index is 0.204. The highest BCUT2D eigenvalue weighted by atomic mass is 16.5. The number of hydrogen-bond acceptors (Lipinski definition) is 7. The molecule has 6 rings (SSSR count). The quantitative estimate of drug-likeness (QED) is 0.310. The van der Waals surface area contributed by atoms with Gasteiger partial charge < -0.3 is 18.7 Å². The number of ketones is 1. The first kappa shape index (κ1) is 22.9. The number of nitrogens with zero attached hydrogens (tertiary/aromatic N) is 5. The smallest absolute Gasteiger partial charge is 0.230 e. The van der Waals surface area contributed by atoms with Crippen LogP contribution in [0.5, 0.6) is 5.75 Å². The van der Waals surface area contributed by atoms with E-state index < -0.39 is 0 Å². The molecule has 1 aliphatic heterocycles. The molecule has 0 atom stereocenters. The maximum atomic E-state index is 12.9. The number of methoxy groups -OCH3 is 1. The Bertz CT molecular complexity index is 1350. The number of rotatable bonds is 9. The zero-order valence-corrected chi connectivity index (χ0v) is 20.6. The molecule has 1 saturated heterocycles. The average molecular weight is 486 g/mol. The SMILES string of the molecule is COc1cccc2c(C(=O)C3CC3)cn(CCCN3CCC(c4nc(-c5cccnc5)no4)CC3)c12. The summed E-state index contributed by atoms with van der Waals surface area (Å²) in [6, 6.07) is 9.82. The monoisotopic (exact) mass is 485 g/mol. The summed E-state index contributed by atoms with van der Waals surface area (Å²) in [6.45, 7) is 3.89. The van der Waals surface area contributed by atoms with E-state index >= 15 is 0 Å². The number of Topliss-reactive ketones (excluding diaryl/α,β-unsaturated/α-hetero) is 1. The van der Waals surface area contributed by atoms with Crippen molar-refractivity contribution in [2.45, 2.75) is 44.6 Å². The van der Waals surface area contributed by atoms with E-state index in [4.69, 9.17) is 9.26 Å². The number of carbonyl (C=O) groups excluding carboxylic acids is 1. The Morgan fingerprint density at radius 2 is 1.97 bits per heavy atom. The Hall–Kier alpha value is -3.52. The van der Waals surface area contributed by atoms with Gasteiger partial charge in [0.1, 0.15) is 5.75 Å². The Morgan fingerprint density at radius 1 is 1.11 bits per heavy atom. The van der Waals surface area contributed by atoms with Crippen LogP contribution >= 0.6 is 0 Å². The van der Waals surface area contributed by atoms with Crippen molar-refractivity contribution in [1.82, 2.24) is 24.6 Å². The highest BCUT2D eigenvalue weighted by Crippen LogP contribution is 2.37. The molecule has 36 heavy (non-hydrogen) atoms. The first-order chi connectivity index (χ1) is 17.7. The summed E-state index contributed by atoms with van der Waals surface area (Å²) in [7, 11) is 1.70. The van der Waals surface area contributed by atoms with Crippen LogP contribution in [-0.4, -0.2) is 57.1 Å². The lowest BCUT2D eigenvalue weighted by molar-refractivity contribution is 0.0969. The van der Waals surface area contributed by atoms with Crippen LogP contribution in [0.15, 0.2) is 53.4 Å². The highest BCUT2D eigenvalue weighted by Gasteiger charge is 2.32. The van der Waals surface area contributed by atoms with Crippen molar-refractivity contribution in [3.8, 4) is 17.1 Å². The molecule has 8 heteroatoms. The van der Waals surface area contributed by atoms with Gasteiger partial charge in [-0.2, -0.15) is 4.98 Å². The maximum Gasteiger partial charge on any atom is 0.230 e. The second kappa shape index (κ2) is 9.85. The number of likely N-dealkylation sites (tertiary alicyclic amines) is 1. The van der Waals surface area contributed by atoms with E-state index in [2.05, 4.69) is 30.8 Å². The van der Waals surface area contributed by atoms with Gasteiger partial charge in [-0.3, -0.25) is 9.78 Å². The van der Waals surface area contributed by atoms with Crippen LogP contribution < -0.4 is 4.74 Å². The molecule has 186 valence electrons. The van der Waals surface area contributed by atoms with Crippen molar-refractivity contribution in [2.24, 2.45) is 5.92 Å². The van der Waals surface area contributed by atoms with Crippen LogP contribution in [0.3, 0.4) is 0 Å². The molecular weight excluding hydrogens is 454 g/mol. The van der Waals surface area contributed by atoms with Crippen molar-refractivity contribution in [2.75, 3.05) is 26.7 Å². The van der Waals surface area contributed by atoms with Crippen molar-refractivity contribution in [3.63, 3.8) is 0 Å². The summed E-state index contributed by atoms with van der Waals surface area (Å²) in [5.41, 5.74) is 2.75. The molecule has 0 radical (unpaired) electrons. The summed E-state index contributed by atoms with van der Waals surface area (Å²) in [5, 5.41) is 5.17. The van der Waals surface area contributed by atoms with Gasteiger partial charge in [-0.15, -0.1) is 0 Å². The van der Waals surface area contributed by atoms with Crippen molar-refractivity contribution >= 4 is 16.7 Å². The first-order valence-electron chi connectivity index (χ1n) is 12.9. The number of piperidine rings is 1. The van der Waals surface area contributed by atoms with Crippen LogP contribution in [0.25, 0.3) is 22.3 Å². The summed E-state index contributed by atoms with van der Waals surface area (Å²) >= 11 is 0. The molecule has 2 aliphatic rings. The third-order valence-electron chi connectivity index (χ3n) is 7.47. The Morgan fingerprint density at radius 3 is 2.72 bits per heavy atom. The van der Waals surface area contributed by atoms with E-state index in [0.29, 0.717) is 11.7 Å². The van der Waals surface area contributed by atoms with Gasteiger partial charge >= 0.3 is 0 Å². The zero-order chi connectivity index (χ0) is 24.5. The molecule has 0 bridgehead atoms. The second-order valence-electron chi connectivity index (χ2n) is 9.90. The first-order valence-corrected chi connectivity index (χ1v) is 12.9. The van der Waals surface area contributed by atoms with E-state index in [1.54, 1.807) is 19.5 Å². The number of para-hydroxylation sites is 1. The minimum atomic E-state index is 0.204. The van der Waals surface area contributed by atoms with Gasteiger partial charge in [0, 0.05) is 53.5 Å². The molecule has 4 aromatic rings. The predicted octanol–water partition coefficient (Wildman–Crippen LogP) is 4.96. The highest BCUT2D eigenvalue weighted by molar-refractivity contribution is 6.11. The molecule has 0 amide bonds. The number of hydrogen-bond donors (Lipinski definition) is 0. The van der Waals surface area contributed by atoms with Gasteiger partial charge in [-0.05, 0) is 69.9 Å². The Kier molecular flexibility index (Phi) is 6.27. The van der Waals surface area contributed by atoms with Crippen LogP contribution in [0, 0.1) is 5.92 Å². The van der Waals surface area contributed by atoms with Crippen LogP contribution in [0.2, 0.25) is 0 Å². The molecule has 1 saturated carbocycles. The van der Waals surface area contributed by atoms with E-state index in [9.17, 15) is 4.79 Å². The van der Waals surface area contributed by atoms with Crippen LogP contribution in [0.1, 0.15) is 54.3 Å². The fraction of sp³-hybridized carbons (Fsp3) is 0.429. The largest absolute Gasteiger partial charge is 0.495 e. The molecule has 1 aliphatic carbocycles. The summed E-state index contributed by atoms with van der Waals surface area (Å²) < 4.78 is 13.5. The number of benzene rings is 1. The molecule has 0 spiro atoms. The molecule has 0 unspecified atom stereocenters. The van der Waals surface area contributed by atoms with Gasteiger partial charge in [-0.1, -0.05) is 17.3 Å². The summed E-state index contributed by atoms with van der Waals surface area (Å²) in [5.74, 6) is 2.94. The van der Waals surface area contributed by atoms with Crippen molar-refractivity contribution in [3.05, 3.63) is 60.4 Å². The number of aromatic nitrogens is 4. The van der Waals surface area contributed by atoms with Gasteiger partial charge in [-0.25, -0.2) is 0 Å². The topological polar surface area (TPSA) is 86.3 Å². The summed E-state index contributed by atoms with van der Waals surface area (Å²) in [6.07, 6.45) is 10.6. The number of fused-ring (bicyclic) bond motifs is 1. The van der Waals surface area contributed by atoms with Crippen molar-refractivity contribution < 1.29 is 14.1 Å². The second-order valence-corrected chi connectivity index (χ2v) is 9.90. The van der Waals surface area contributed by atoms with E-state index in [-0.39, 0.29) is 11.7 Å². The lowest BCUT2D eigenvalue weighted by atomic mass is 9.96. The summed E-state index contributed by atoms with van der Waals surface area (Å²) in [4.78, 5) is 24.2. The Balaban J connectivity index is 1.07. The Labute approximate surface area is 210 Å². The van der Waals surface area contributed by atoms with E-state index in [0.717, 1.165) is 92.0 Å². The number of carbonyl (C=O) groups is 1. The van der Waals surface area contributed by atoms with Gasteiger partial charge in [0.2, 0.25) is 11.7 Å². The molecule has 8 nitrogen and oxygen atoms in total. The zero-order valence-electron chi connectivity index (χ0n) is 20.6. The van der Waals surface area contributed by atoms with Crippen LogP contribution in [-0.2, 0) is 6.54 Å². The fourth-order valence-electron chi connectivity index (χ4n) is 5.31. The molecular formula is C28H31N5O3. The molecule has 1 aromatic carbocycles. The van der Waals surface area contributed by atoms with Crippen LogP contribution in [0.4, 0.5) is 0 Å². The lowest BCUT2D eigenvalue weighted by Gasteiger charge is -2.30. The van der Waals surface area contributed by atoms with Crippen molar-refractivity contribution in [1.29, 1.82) is 0 Å². The molecule has 3 aromatic heterocycles. The van der Waals surface area contributed by atoms with Gasteiger partial charge in [0.05, 0.1) is 12.6 Å². The molecule has 2 fully saturated rings. The normalized spacial score (nSPS) is 17.0. The third-order valence-corrected chi connectivity index (χ3v) is 7.47. The molecule has 0 N–H and O–H groups in total. The van der Waals surface area contributed by atoms with E-state index in [1.807, 2.05) is 30.3 Å². The minimum Gasteiger partial charge on any atom is -0.495 e. The van der Waals surface area contributed by atoms with E-state index in [1.165, 1.54) is 0 Å². The number of pyridine rings is 1. The number of ether oxygens (including phenoxy) is 1. The lowest BCUT2D eigenvalue weighted by Crippen LogP contribution is -2.34. The average Bonchev–Trinajstić information content (AvgIpc) is 3.54. The predicted molar refractivity (Wildman–Crippen MR) is 136 cm³/mol. The fourth-order valence-corrected chi connectivity index (χ4v) is 5.31. The van der Waals surface area contributed by atoms with Gasteiger partial charge in [0.25, 0.3) is 0 Å². The molecule has 4 heterocycles. The maximum absolute atomic E-state index is 12.9. The standard InChI is InChI=1S/C28H31N5O3/c1-35-24-7-2-6-22-23(26(34)19-8-9-19)18-33(25(22)24)14-4-13-32-15-10-20(11-16-32)28-30-27(31-36-28)21-5-3-12-29-17-21/h2-3,5-7,12,17-20H,4,8-11,13-16H2,1H3. The number of aryl methyl sites for hydroxylation is 1.